The number of amides is 1. The Morgan fingerprint density at radius 3 is 2.86 bits per heavy atom. The minimum absolute atomic E-state index is 0.0427. The van der Waals surface area contributed by atoms with Crippen LogP contribution < -0.4 is 10.1 Å². The Balaban J connectivity index is 1.97. The molecule has 0 fully saturated rings. The van der Waals surface area contributed by atoms with E-state index in [0.29, 0.717) is 16.9 Å². The van der Waals surface area contributed by atoms with E-state index >= 15 is 0 Å². The number of aromatic nitrogens is 1. The number of thiazole rings is 1. The molecule has 1 heterocycles. The Bertz CT molecular complexity index is 655. The number of nitrogens with one attached hydrogen (secondary N) is 1. The standard InChI is InChI=1S/C16H19ClN2O2S/c1-10(2)13-5-4-11(3)6-14(13)21-8-15(20)19-16-18-12(7-17)9-22-16/h4-6,9-10H,7-8H2,1-3H3,(H,18,19,20). The molecule has 2 aromatic rings. The lowest BCUT2D eigenvalue weighted by atomic mass is 10.0. The molecule has 1 aromatic carbocycles. The van der Waals surface area contributed by atoms with Crippen molar-refractivity contribution in [3.8, 4) is 5.75 Å². The maximum absolute atomic E-state index is 11.9. The number of carbonyl (C=O) groups excluding carboxylic acids is 1. The number of alkyl halides is 1. The molecule has 22 heavy (non-hydrogen) atoms. The molecular formula is C16H19ClN2O2S. The van der Waals surface area contributed by atoms with Gasteiger partial charge in [0.15, 0.2) is 11.7 Å². The number of nitrogens with zero attached hydrogens (tertiary/aromatic N) is 1. The van der Waals surface area contributed by atoms with E-state index in [1.54, 1.807) is 0 Å². The molecule has 1 aromatic heterocycles. The number of hydrogen-bond donors (Lipinski definition) is 1. The van der Waals surface area contributed by atoms with E-state index < -0.39 is 0 Å². The highest BCUT2D eigenvalue weighted by molar-refractivity contribution is 7.13. The third-order valence-electron chi connectivity index (χ3n) is 3.08. The van der Waals surface area contributed by atoms with Crippen molar-refractivity contribution in [2.24, 2.45) is 0 Å². The van der Waals surface area contributed by atoms with Gasteiger partial charge in [0.1, 0.15) is 5.75 Å². The van der Waals surface area contributed by atoms with Gasteiger partial charge in [0, 0.05) is 5.38 Å². The number of anilines is 1. The van der Waals surface area contributed by atoms with E-state index in [9.17, 15) is 4.79 Å². The van der Waals surface area contributed by atoms with E-state index in [-0.39, 0.29) is 12.5 Å². The second-order valence-electron chi connectivity index (χ2n) is 5.31. The SMILES string of the molecule is Cc1ccc(C(C)C)c(OCC(=O)Nc2nc(CCl)cs2)c1. The number of hydrogen-bond acceptors (Lipinski definition) is 4. The molecule has 0 unspecified atom stereocenters. The van der Waals surface area contributed by atoms with Gasteiger partial charge in [-0.1, -0.05) is 26.0 Å². The van der Waals surface area contributed by atoms with Crippen molar-refractivity contribution in [3.05, 3.63) is 40.4 Å². The van der Waals surface area contributed by atoms with Crippen molar-refractivity contribution >= 4 is 34.0 Å². The fraction of sp³-hybridized carbons (Fsp3) is 0.375. The number of halogens is 1. The molecule has 118 valence electrons. The Labute approximate surface area is 139 Å². The first kappa shape index (κ1) is 16.8. The van der Waals surface area contributed by atoms with Crippen LogP contribution in [0.1, 0.15) is 36.6 Å². The Hall–Kier alpha value is -1.59. The number of carbonyl (C=O) groups is 1. The molecule has 4 nitrogen and oxygen atoms in total. The molecular weight excluding hydrogens is 320 g/mol. The summed E-state index contributed by atoms with van der Waals surface area (Å²) in [6.45, 7) is 6.15. The number of benzene rings is 1. The molecule has 0 saturated carbocycles. The molecule has 0 aliphatic carbocycles. The number of aryl methyl sites for hydroxylation is 1. The molecule has 0 bridgehead atoms. The van der Waals surface area contributed by atoms with Gasteiger partial charge in [-0.05, 0) is 30.0 Å². The molecule has 6 heteroatoms. The van der Waals surface area contributed by atoms with Crippen molar-refractivity contribution in [1.29, 1.82) is 0 Å². The minimum Gasteiger partial charge on any atom is -0.483 e. The first-order valence-corrected chi connectivity index (χ1v) is 8.44. The average Bonchev–Trinajstić information content (AvgIpc) is 2.92. The van der Waals surface area contributed by atoms with Crippen molar-refractivity contribution < 1.29 is 9.53 Å². The number of rotatable bonds is 6. The molecule has 0 atom stereocenters. The van der Waals surface area contributed by atoms with E-state index in [4.69, 9.17) is 16.3 Å². The highest BCUT2D eigenvalue weighted by Crippen LogP contribution is 2.27. The summed E-state index contributed by atoms with van der Waals surface area (Å²) in [5.41, 5.74) is 2.95. The van der Waals surface area contributed by atoms with Crippen LogP contribution in [0.15, 0.2) is 23.6 Å². The summed E-state index contributed by atoms with van der Waals surface area (Å²) in [5, 5.41) is 5.07. The summed E-state index contributed by atoms with van der Waals surface area (Å²) in [6, 6.07) is 6.05. The maximum Gasteiger partial charge on any atom is 0.264 e. The van der Waals surface area contributed by atoms with Crippen LogP contribution in [0, 0.1) is 6.92 Å². The van der Waals surface area contributed by atoms with Crippen molar-refractivity contribution in [1.82, 2.24) is 4.98 Å². The summed E-state index contributed by atoms with van der Waals surface area (Å²) < 4.78 is 5.69. The monoisotopic (exact) mass is 338 g/mol. The Kier molecular flexibility index (Phi) is 5.80. The summed E-state index contributed by atoms with van der Waals surface area (Å²) in [4.78, 5) is 16.1. The molecule has 1 N–H and O–H groups in total. The summed E-state index contributed by atoms with van der Waals surface area (Å²) in [7, 11) is 0. The molecule has 2 rings (SSSR count). The smallest absolute Gasteiger partial charge is 0.264 e. The third-order valence-corrected chi connectivity index (χ3v) is 4.17. The predicted octanol–water partition coefficient (Wildman–Crippen LogP) is 4.33. The van der Waals surface area contributed by atoms with Gasteiger partial charge in [0.2, 0.25) is 0 Å². The van der Waals surface area contributed by atoms with Gasteiger partial charge in [0.05, 0.1) is 11.6 Å². The quantitative estimate of drug-likeness (QED) is 0.797. The fourth-order valence-electron chi connectivity index (χ4n) is 1.97. The van der Waals surface area contributed by atoms with Crippen LogP contribution in [0.25, 0.3) is 0 Å². The normalized spacial score (nSPS) is 10.8. The maximum atomic E-state index is 11.9. The van der Waals surface area contributed by atoms with E-state index in [0.717, 1.165) is 22.6 Å². The second kappa shape index (κ2) is 7.61. The number of ether oxygens (including phenoxy) is 1. The largest absolute Gasteiger partial charge is 0.483 e. The predicted molar refractivity (Wildman–Crippen MR) is 91.1 cm³/mol. The molecule has 0 spiro atoms. The zero-order valence-electron chi connectivity index (χ0n) is 12.9. The molecule has 1 amide bonds. The molecule has 0 radical (unpaired) electrons. The zero-order valence-corrected chi connectivity index (χ0v) is 14.4. The van der Waals surface area contributed by atoms with Gasteiger partial charge in [0.25, 0.3) is 5.91 Å². The molecule has 0 aliphatic heterocycles. The van der Waals surface area contributed by atoms with Crippen molar-refractivity contribution in [2.45, 2.75) is 32.6 Å². The Morgan fingerprint density at radius 1 is 1.45 bits per heavy atom. The van der Waals surface area contributed by atoms with E-state index in [2.05, 4.69) is 24.1 Å². The van der Waals surface area contributed by atoms with Crippen LogP contribution in [-0.4, -0.2) is 17.5 Å². The first-order valence-electron chi connectivity index (χ1n) is 7.03. The summed E-state index contributed by atoms with van der Waals surface area (Å²) in [6.07, 6.45) is 0. The topological polar surface area (TPSA) is 51.2 Å². The highest BCUT2D eigenvalue weighted by Gasteiger charge is 2.11. The van der Waals surface area contributed by atoms with Crippen LogP contribution in [0.5, 0.6) is 5.75 Å². The minimum atomic E-state index is -0.230. The fourth-order valence-corrected chi connectivity index (χ4v) is 2.92. The van der Waals surface area contributed by atoms with Gasteiger partial charge in [-0.25, -0.2) is 4.98 Å². The van der Waals surface area contributed by atoms with Crippen molar-refractivity contribution in [2.75, 3.05) is 11.9 Å². The summed E-state index contributed by atoms with van der Waals surface area (Å²) >= 11 is 7.04. The molecule has 0 saturated heterocycles. The Morgan fingerprint density at radius 2 is 2.23 bits per heavy atom. The lowest BCUT2D eigenvalue weighted by Crippen LogP contribution is -2.20. The van der Waals surface area contributed by atoms with Crippen LogP contribution in [0.4, 0.5) is 5.13 Å². The highest BCUT2D eigenvalue weighted by atomic mass is 35.5. The van der Waals surface area contributed by atoms with Crippen LogP contribution in [0.2, 0.25) is 0 Å². The first-order chi connectivity index (χ1) is 10.5. The lowest BCUT2D eigenvalue weighted by molar-refractivity contribution is -0.118. The van der Waals surface area contributed by atoms with E-state index in [1.165, 1.54) is 11.3 Å². The van der Waals surface area contributed by atoms with Crippen LogP contribution in [0.3, 0.4) is 0 Å². The third kappa shape index (κ3) is 4.45. The van der Waals surface area contributed by atoms with Gasteiger partial charge in [-0.15, -0.1) is 22.9 Å². The second-order valence-corrected chi connectivity index (χ2v) is 6.44. The van der Waals surface area contributed by atoms with Gasteiger partial charge in [-0.2, -0.15) is 0 Å². The van der Waals surface area contributed by atoms with Crippen LogP contribution in [-0.2, 0) is 10.7 Å². The van der Waals surface area contributed by atoms with Crippen molar-refractivity contribution in [3.63, 3.8) is 0 Å². The summed E-state index contributed by atoms with van der Waals surface area (Å²) in [5.74, 6) is 1.20. The van der Waals surface area contributed by atoms with Gasteiger partial charge in [-0.3, -0.25) is 10.1 Å². The van der Waals surface area contributed by atoms with Gasteiger partial charge >= 0.3 is 0 Å². The van der Waals surface area contributed by atoms with Crippen LogP contribution >= 0.6 is 22.9 Å². The average molecular weight is 339 g/mol. The zero-order chi connectivity index (χ0) is 16.1. The molecule has 0 aliphatic rings. The van der Waals surface area contributed by atoms with Gasteiger partial charge < -0.3 is 4.74 Å². The lowest BCUT2D eigenvalue weighted by Gasteiger charge is -2.14. The van der Waals surface area contributed by atoms with E-state index in [1.807, 2.05) is 30.5 Å².